The predicted octanol–water partition coefficient (Wildman–Crippen LogP) is -0.867. The normalized spacial score (nSPS) is 10.5. The molecule has 0 aliphatic rings. The number of nitrogens with one attached hydrogen (secondary N) is 1. The molecule has 0 saturated heterocycles. The highest BCUT2D eigenvalue weighted by atomic mass is 32.2. The van der Waals surface area contributed by atoms with Gasteiger partial charge >= 0.3 is 11.1 Å². The van der Waals surface area contributed by atoms with E-state index in [1.165, 1.54) is 22.6 Å². The molecule has 3 N–H and O–H groups in total. The Balaban J connectivity index is 2.15. The highest BCUT2D eigenvalue weighted by molar-refractivity contribution is 7.98. The molecular weight excluding hydrogens is 256 g/mol. The molecule has 0 bridgehead atoms. The van der Waals surface area contributed by atoms with Gasteiger partial charge in [-0.2, -0.15) is 4.98 Å². The molecule has 0 spiro atoms. The number of nitrogens with zero attached hydrogens (tertiary/aromatic N) is 4. The van der Waals surface area contributed by atoms with Gasteiger partial charge in [-0.1, -0.05) is 11.8 Å². The first-order chi connectivity index (χ1) is 8.56. The van der Waals surface area contributed by atoms with Gasteiger partial charge in [0.1, 0.15) is 5.82 Å². The number of nitrogen functional groups attached to an aromatic ring is 1. The van der Waals surface area contributed by atoms with Crippen LogP contribution in [0, 0.1) is 0 Å². The first kappa shape index (κ1) is 12.3. The average molecular weight is 266 g/mol. The summed E-state index contributed by atoms with van der Waals surface area (Å²) in [5.41, 5.74) is 4.57. The molecule has 0 aliphatic heterocycles. The largest absolute Gasteiger partial charge is 0.382 e. The van der Waals surface area contributed by atoms with Crippen molar-refractivity contribution in [3.05, 3.63) is 38.8 Å². The molecule has 2 aromatic heterocycles. The number of aromatic amines is 1. The van der Waals surface area contributed by atoms with Crippen molar-refractivity contribution >= 4 is 17.6 Å². The summed E-state index contributed by atoms with van der Waals surface area (Å²) in [6.07, 6.45) is 3.00. The van der Waals surface area contributed by atoms with Crippen LogP contribution in [0.3, 0.4) is 0 Å². The van der Waals surface area contributed by atoms with E-state index in [4.69, 9.17) is 5.73 Å². The van der Waals surface area contributed by atoms with E-state index in [-0.39, 0.29) is 0 Å². The van der Waals surface area contributed by atoms with Crippen LogP contribution in [0.5, 0.6) is 0 Å². The van der Waals surface area contributed by atoms with Gasteiger partial charge in [-0.3, -0.25) is 24.4 Å². The summed E-state index contributed by atoms with van der Waals surface area (Å²) in [6.45, 7) is 0. The molecule has 0 aromatic carbocycles. The smallest absolute Gasteiger partial charge is 0.339 e. The van der Waals surface area contributed by atoms with Crippen LogP contribution >= 0.6 is 11.8 Å². The zero-order valence-corrected chi connectivity index (χ0v) is 10.3. The lowest BCUT2D eigenvalue weighted by Gasteiger charge is -2.05. The Morgan fingerprint density at radius 1 is 1.39 bits per heavy atom. The van der Waals surface area contributed by atoms with Crippen LogP contribution in [-0.2, 0) is 12.8 Å². The summed E-state index contributed by atoms with van der Waals surface area (Å²) in [6, 6.07) is 0. The van der Waals surface area contributed by atoms with Crippen LogP contribution in [0.15, 0.2) is 27.1 Å². The van der Waals surface area contributed by atoms with E-state index in [9.17, 15) is 9.59 Å². The number of anilines is 1. The fourth-order valence-corrected chi connectivity index (χ4v) is 1.98. The highest BCUT2D eigenvalue weighted by Gasteiger charge is 2.05. The average Bonchev–Trinajstić information content (AvgIpc) is 2.34. The molecule has 2 heterocycles. The summed E-state index contributed by atoms with van der Waals surface area (Å²) >= 11 is 1.27. The van der Waals surface area contributed by atoms with Crippen molar-refractivity contribution in [2.45, 2.75) is 10.9 Å². The van der Waals surface area contributed by atoms with Crippen LogP contribution in [-0.4, -0.2) is 24.7 Å². The van der Waals surface area contributed by atoms with Crippen molar-refractivity contribution < 1.29 is 0 Å². The van der Waals surface area contributed by atoms with Crippen molar-refractivity contribution in [2.24, 2.45) is 7.05 Å². The molecule has 0 radical (unpaired) electrons. The third-order valence-electron chi connectivity index (χ3n) is 2.02. The summed E-state index contributed by atoms with van der Waals surface area (Å²) in [5, 5.41) is 2.76. The minimum Gasteiger partial charge on any atom is -0.382 e. The van der Waals surface area contributed by atoms with E-state index in [2.05, 4.69) is 20.1 Å². The molecule has 0 fully saturated rings. The Hall–Kier alpha value is -2.16. The van der Waals surface area contributed by atoms with Crippen molar-refractivity contribution in [3.63, 3.8) is 0 Å². The lowest BCUT2D eigenvalue weighted by Crippen LogP contribution is -2.33. The van der Waals surface area contributed by atoms with E-state index in [0.717, 1.165) is 0 Å². The molecule has 0 aliphatic carbocycles. The van der Waals surface area contributed by atoms with Gasteiger partial charge in [0.25, 0.3) is 0 Å². The molecule has 0 saturated carbocycles. The van der Waals surface area contributed by atoms with Gasteiger partial charge in [0.15, 0.2) is 5.16 Å². The van der Waals surface area contributed by atoms with Gasteiger partial charge in [0, 0.05) is 12.8 Å². The minimum absolute atomic E-state index is 0.346. The quantitative estimate of drug-likeness (QED) is 0.547. The Labute approximate surface area is 105 Å². The lowest BCUT2D eigenvalue weighted by atomic mass is 10.5. The van der Waals surface area contributed by atoms with Crippen LogP contribution in [0.4, 0.5) is 5.82 Å². The fourth-order valence-electron chi connectivity index (χ4n) is 1.17. The number of rotatable bonds is 3. The number of H-pyrrole nitrogens is 1. The second kappa shape index (κ2) is 5.00. The minimum atomic E-state index is -0.806. The first-order valence-electron chi connectivity index (χ1n) is 4.93. The molecular formula is C9H10N6O2S. The van der Waals surface area contributed by atoms with Crippen molar-refractivity contribution in [1.29, 1.82) is 0 Å². The van der Waals surface area contributed by atoms with Crippen LogP contribution in [0.1, 0.15) is 5.69 Å². The second-order valence-electron chi connectivity index (χ2n) is 3.42. The van der Waals surface area contributed by atoms with Gasteiger partial charge < -0.3 is 5.73 Å². The third-order valence-corrected chi connectivity index (χ3v) is 3.09. The van der Waals surface area contributed by atoms with E-state index in [0.29, 0.717) is 22.4 Å². The second-order valence-corrected chi connectivity index (χ2v) is 4.36. The van der Waals surface area contributed by atoms with E-state index in [1.807, 2.05) is 0 Å². The fraction of sp³-hybridized carbons (Fsp3) is 0.222. The summed E-state index contributed by atoms with van der Waals surface area (Å²) in [4.78, 5) is 33.8. The Kier molecular flexibility index (Phi) is 3.42. The number of aryl methyl sites for hydroxylation is 1. The van der Waals surface area contributed by atoms with Crippen molar-refractivity contribution in [2.75, 3.05) is 5.73 Å². The molecule has 0 amide bonds. The molecule has 2 aromatic rings. The van der Waals surface area contributed by atoms with Crippen LogP contribution in [0.25, 0.3) is 0 Å². The summed E-state index contributed by atoms with van der Waals surface area (Å²) in [5.74, 6) is 0.817. The maximum absolute atomic E-state index is 11.1. The van der Waals surface area contributed by atoms with Crippen molar-refractivity contribution in [1.82, 2.24) is 24.7 Å². The molecule has 9 heteroatoms. The number of aromatic nitrogens is 5. The van der Waals surface area contributed by atoms with Gasteiger partial charge in [-0.25, -0.2) is 4.98 Å². The monoisotopic (exact) mass is 266 g/mol. The van der Waals surface area contributed by atoms with Crippen LogP contribution < -0.4 is 16.9 Å². The molecule has 18 heavy (non-hydrogen) atoms. The van der Waals surface area contributed by atoms with E-state index < -0.39 is 11.1 Å². The van der Waals surface area contributed by atoms with Crippen LogP contribution in [0.2, 0.25) is 0 Å². The van der Waals surface area contributed by atoms with E-state index in [1.54, 1.807) is 13.2 Å². The highest BCUT2D eigenvalue weighted by Crippen LogP contribution is 2.16. The van der Waals surface area contributed by atoms with Gasteiger partial charge in [0.05, 0.1) is 18.1 Å². The molecule has 2 rings (SSSR count). The predicted molar refractivity (Wildman–Crippen MR) is 66.1 cm³/mol. The molecule has 94 valence electrons. The Morgan fingerprint density at radius 2 is 2.17 bits per heavy atom. The standard InChI is InChI=1S/C9H10N6O2S/c1-15-9(13-7(16)8(17)14-15)18-4-5-2-12-6(10)3-11-5/h2-3H,4H2,1H3,(H2,10,12)(H,14,17). The number of hydrogen-bond donors (Lipinski definition) is 2. The topological polar surface area (TPSA) is 120 Å². The summed E-state index contributed by atoms with van der Waals surface area (Å²) < 4.78 is 1.39. The number of hydrogen-bond acceptors (Lipinski definition) is 7. The number of thioether (sulfide) groups is 1. The zero-order valence-electron chi connectivity index (χ0n) is 9.45. The first-order valence-corrected chi connectivity index (χ1v) is 5.91. The maximum Gasteiger partial charge on any atom is 0.339 e. The van der Waals surface area contributed by atoms with E-state index >= 15 is 0 Å². The molecule has 0 unspecified atom stereocenters. The number of nitrogens with two attached hydrogens (primary N) is 1. The van der Waals surface area contributed by atoms with Gasteiger partial charge in [-0.05, 0) is 0 Å². The Bertz CT molecular complexity index is 662. The molecule has 8 nitrogen and oxygen atoms in total. The van der Waals surface area contributed by atoms with Gasteiger partial charge in [-0.15, -0.1) is 0 Å². The lowest BCUT2D eigenvalue weighted by molar-refractivity contribution is 0.596. The molecule has 0 atom stereocenters. The Morgan fingerprint density at radius 3 is 2.83 bits per heavy atom. The van der Waals surface area contributed by atoms with Crippen molar-refractivity contribution in [3.8, 4) is 0 Å². The van der Waals surface area contributed by atoms with Gasteiger partial charge in [0.2, 0.25) is 0 Å². The SMILES string of the molecule is Cn1[nH]c(=O)c(=O)nc1SCc1cnc(N)cn1. The maximum atomic E-state index is 11.1. The third kappa shape index (κ3) is 2.74. The summed E-state index contributed by atoms with van der Waals surface area (Å²) in [7, 11) is 1.60. The zero-order chi connectivity index (χ0) is 13.1.